The van der Waals surface area contributed by atoms with Gasteiger partial charge in [0.25, 0.3) is 0 Å². The van der Waals surface area contributed by atoms with Crippen molar-refractivity contribution in [2.24, 2.45) is 5.92 Å². The molecular formula is C23H36O4. The third kappa shape index (κ3) is 9.07. The number of aryl methyl sites for hydroxylation is 1. The first-order chi connectivity index (χ1) is 13.0. The summed E-state index contributed by atoms with van der Waals surface area (Å²) in [7, 11) is 0. The van der Waals surface area contributed by atoms with E-state index in [0.29, 0.717) is 19.4 Å². The van der Waals surface area contributed by atoms with Crippen molar-refractivity contribution in [3.8, 4) is 0 Å². The van der Waals surface area contributed by atoms with Gasteiger partial charge in [-0.25, -0.2) is 9.59 Å². The summed E-state index contributed by atoms with van der Waals surface area (Å²) in [5.41, 5.74) is 0.997. The van der Waals surface area contributed by atoms with Crippen LogP contribution >= 0.6 is 0 Å². The molecule has 0 amide bonds. The van der Waals surface area contributed by atoms with Crippen LogP contribution in [-0.2, 0) is 11.2 Å². The van der Waals surface area contributed by atoms with E-state index in [1.165, 1.54) is 38.5 Å². The molecule has 1 N–H and O–H groups in total. The van der Waals surface area contributed by atoms with Gasteiger partial charge >= 0.3 is 11.9 Å². The Hall–Kier alpha value is -1.84. The molecule has 0 radical (unpaired) electrons. The second-order valence-corrected chi connectivity index (χ2v) is 7.69. The molecule has 1 rings (SSSR count). The Bertz CT molecular complexity index is 578. The Kier molecular flexibility index (Phi) is 11.5. The SMILES string of the molecule is CCCOC(=O)c1cccc(CCCCCCCCCC(C)C)c1C(=O)O. The molecule has 1 aromatic rings. The van der Waals surface area contributed by atoms with Crippen molar-refractivity contribution in [1.29, 1.82) is 0 Å². The van der Waals surface area contributed by atoms with E-state index in [4.69, 9.17) is 4.74 Å². The highest BCUT2D eigenvalue weighted by Crippen LogP contribution is 2.20. The molecule has 1 aromatic carbocycles. The molecule has 4 nitrogen and oxygen atoms in total. The zero-order valence-corrected chi connectivity index (χ0v) is 17.3. The largest absolute Gasteiger partial charge is 0.478 e. The maximum absolute atomic E-state index is 12.1. The van der Waals surface area contributed by atoms with Crippen LogP contribution in [0.3, 0.4) is 0 Å². The first-order valence-electron chi connectivity index (χ1n) is 10.5. The van der Waals surface area contributed by atoms with Gasteiger partial charge in [-0.1, -0.05) is 77.8 Å². The molecule has 0 atom stereocenters. The quantitative estimate of drug-likeness (QED) is 0.307. The molecule has 0 unspecified atom stereocenters. The van der Waals surface area contributed by atoms with Crippen LogP contribution < -0.4 is 0 Å². The van der Waals surface area contributed by atoms with E-state index in [1.54, 1.807) is 12.1 Å². The van der Waals surface area contributed by atoms with E-state index in [2.05, 4.69) is 13.8 Å². The lowest BCUT2D eigenvalue weighted by Crippen LogP contribution is -2.14. The number of rotatable bonds is 14. The Morgan fingerprint density at radius 3 is 2.22 bits per heavy atom. The maximum Gasteiger partial charge on any atom is 0.339 e. The van der Waals surface area contributed by atoms with Gasteiger partial charge in [0.1, 0.15) is 0 Å². The van der Waals surface area contributed by atoms with E-state index >= 15 is 0 Å². The number of aromatic carboxylic acids is 1. The van der Waals surface area contributed by atoms with Crippen molar-refractivity contribution in [1.82, 2.24) is 0 Å². The van der Waals surface area contributed by atoms with Crippen LogP contribution in [0.5, 0.6) is 0 Å². The van der Waals surface area contributed by atoms with Crippen molar-refractivity contribution in [3.63, 3.8) is 0 Å². The standard InChI is InChI=1S/C23H36O4/c1-4-17-27-23(26)20-16-12-15-19(21(20)22(24)25)14-11-9-7-5-6-8-10-13-18(2)3/h12,15-16,18H,4-11,13-14,17H2,1-3H3,(H,24,25). The van der Waals surface area contributed by atoms with Gasteiger partial charge in [0, 0.05) is 0 Å². The average Bonchev–Trinajstić information content (AvgIpc) is 2.64. The smallest absolute Gasteiger partial charge is 0.339 e. The number of ether oxygens (including phenoxy) is 1. The van der Waals surface area contributed by atoms with Crippen LogP contribution in [0.1, 0.15) is 105 Å². The number of carboxylic acids is 1. The zero-order valence-electron chi connectivity index (χ0n) is 17.3. The number of benzene rings is 1. The topological polar surface area (TPSA) is 63.6 Å². The second kappa shape index (κ2) is 13.3. The molecular weight excluding hydrogens is 340 g/mol. The van der Waals surface area contributed by atoms with Gasteiger partial charge in [-0.15, -0.1) is 0 Å². The summed E-state index contributed by atoms with van der Waals surface area (Å²) in [6.45, 7) is 6.75. The van der Waals surface area contributed by atoms with E-state index in [9.17, 15) is 14.7 Å². The second-order valence-electron chi connectivity index (χ2n) is 7.69. The fourth-order valence-corrected chi connectivity index (χ4v) is 3.26. The van der Waals surface area contributed by atoms with Crippen LogP contribution in [-0.4, -0.2) is 23.7 Å². The van der Waals surface area contributed by atoms with E-state index in [1.807, 2.05) is 13.0 Å². The molecule has 0 saturated heterocycles. The molecule has 27 heavy (non-hydrogen) atoms. The lowest BCUT2D eigenvalue weighted by atomic mass is 9.96. The minimum atomic E-state index is -1.06. The van der Waals surface area contributed by atoms with Crippen molar-refractivity contribution < 1.29 is 19.4 Å². The molecule has 0 spiro atoms. The third-order valence-corrected chi connectivity index (χ3v) is 4.75. The zero-order chi connectivity index (χ0) is 20.1. The normalized spacial score (nSPS) is 11.0. The van der Waals surface area contributed by atoms with Crippen molar-refractivity contribution in [2.75, 3.05) is 6.61 Å². The molecule has 0 aliphatic heterocycles. The van der Waals surface area contributed by atoms with E-state index < -0.39 is 11.9 Å². The van der Waals surface area contributed by atoms with E-state index in [-0.39, 0.29) is 11.1 Å². The molecule has 0 heterocycles. The fraction of sp³-hybridized carbons (Fsp3) is 0.652. The Morgan fingerprint density at radius 2 is 1.63 bits per heavy atom. The summed E-state index contributed by atoms with van der Waals surface area (Å²) in [4.78, 5) is 23.8. The Balaban J connectivity index is 2.46. The van der Waals surface area contributed by atoms with Crippen LogP contribution in [0.2, 0.25) is 0 Å². The highest BCUT2D eigenvalue weighted by atomic mass is 16.5. The predicted molar refractivity (Wildman–Crippen MR) is 109 cm³/mol. The lowest BCUT2D eigenvalue weighted by Gasteiger charge is -2.11. The van der Waals surface area contributed by atoms with Crippen LogP contribution in [0.4, 0.5) is 0 Å². The minimum Gasteiger partial charge on any atom is -0.478 e. The summed E-state index contributed by atoms with van der Waals surface area (Å²) in [5, 5.41) is 9.58. The highest BCUT2D eigenvalue weighted by Gasteiger charge is 2.21. The molecule has 4 heteroatoms. The van der Waals surface area contributed by atoms with Gasteiger partial charge in [-0.2, -0.15) is 0 Å². The van der Waals surface area contributed by atoms with Crippen LogP contribution in [0, 0.1) is 5.92 Å². The van der Waals surface area contributed by atoms with Crippen molar-refractivity contribution in [2.45, 2.75) is 85.0 Å². The summed E-state index contributed by atoms with van der Waals surface area (Å²) in [5.74, 6) is -0.805. The summed E-state index contributed by atoms with van der Waals surface area (Å²) in [6, 6.07) is 5.10. The molecule has 0 aliphatic carbocycles. The van der Waals surface area contributed by atoms with Crippen LogP contribution in [0.25, 0.3) is 0 Å². The number of carbonyl (C=O) groups excluding carboxylic acids is 1. The highest BCUT2D eigenvalue weighted by molar-refractivity contribution is 6.03. The molecule has 0 bridgehead atoms. The summed E-state index contributed by atoms with van der Waals surface area (Å²) in [6.07, 6.45) is 11.1. The maximum atomic E-state index is 12.1. The first-order valence-corrected chi connectivity index (χ1v) is 10.5. The molecule has 152 valence electrons. The van der Waals surface area contributed by atoms with Gasteiger partial charge < -0.3 is 9.84 Å². The minimum absolute atomic E-state index is 0.104. The van der Waals surface area contributed by atoms with Crippen molar-refractivity contribution in [3.05, 3.63) is 34.9 Å². The third-order valence-electron chi connectivity index (χ3n) is 4.75. The number of hydrogen-bond acceptors (Lipinski definition) is 3. The summed E-state index contributed by atoms with van der Waals surface area (Å²) < 4.78 is 5.13. The van der Waals surface area contributed by atoms with Gasteiger partial charge in [0.15, 0.2) is 0 Å². The van der Waals surface area contributed by atoms with Gasteiger partial charge in [0.2, 0.25) is 0 Å². The average molecular weight is 377 g/mol. The number of carboxylic acid groups (broad SMARTS) is 1. The monoisotopic (exact) mass is 376 g/mol. The molecule has 0 fully saturated rings. The number of hydrogen-bond donors (Lipinski definition) is 1. The lowest BCUT2D eigenvalue weighted by molar-refractivity contribution is 0.0494. The fourth-order valence-electron chi connectivity index (χ4n) is 3.26. The van der Waals surface area contributed by atoms with Gasteiger partial charge in [0.05, 0.1) is 17.7 Å². The van der Waals surface area contributed by atoms with Crippen molar-refractivity contribution >= 4 is 11.9 Å². The Labute approximate surface area is 164 Å². The number of carbonyl (C=O) groups is 2. The molecule has 0 saturated carbocycles. The van der Waals surface area contributed by atoms with Gasteiger partial charge in [-0.05, 0) is 36.8 Å². The molecule has 0 aliphatic rings. The molecule has 0 aromatic heterocycles. The number of unbranched alkanes of at least 4 members (excludes halogenated alkanes) is 6. The van der Waals surface area contributed by atoms with Gasteiger partial charge in [-0.3, -0.25) is 0 Å². The summed E-state index contributed by atoms with van der Waals surface area (Å²) >= 11 is 0. The predicted octanol–water partition coefficient (Wildman–Crippen LogP) is 6.27. The Morgan fingerprint density at radius 1 is 1.00 bits per heavy atom. The van der Waals surface area contributed by atoms with E-state index in [0.717, 1.165) is 24.3 Å². The number of esters is 1. The first kappa shape index (κ1) is 23.2. The van der Waals surface area contributed by atoms with Crippen LogP contribution in [0.15, 0.2) is 18.2 Å².